The second-order valence-corrected chi connectivity index (χ2v) is 5.13. The number of nitrogens with one attached hydrogen (secondary N) is 1. The average molecular weight is 277 g/mol. The Morgan fingerprint density at radius 3 is 2.76 bits per heavy atom. The Labute approximate surface area is 125 Å². The molecule has 0 atom stereocenters. The van der Waals surface area contributed by atoms with Crippen molar-refractivity contribution in [3.63, 3.8) is 0 Å². The number of unbranched alkanes of at least 4 members (excludes halogenated alkanes) is 1. The lowest BCUT2D eigenvalue weighted by molar-refractivity contribution is 0.759. The number of aryl methyl sites for hydroxylation is 1. The number of anilines is 1. The highest BCUT2D eigenvalue weighted by Gasteiger charge is 1.97. The number of pyridine rings is 2. The molecular weight excluding hydrogens is 258 g/mol. The standard InChI is InChI=1S/C18H19N3/c1-2-9-17-16(8-1)10-11-18(21-17)20-13-4-3-6-15-7-5-12-19-14-15/h1-2,5,7-12,14H,3-4,6,13H2,(H,20,21). The number of para-hydroxylation sites is 1. The van der Waals surface area contributed by atoms with Crippen LogP contribution in [0.5, 0.6) is 0 Å². The van der Waals surface area contributed by atoms with Gasteiger partial charge in [0.05, 0.1) is 5.52 Å². The number of benzene rings is 1. The maximum atomic E-state index is 4.61. The highest BCUT2D eigenvalue weighted by Crippen LogP contribution is 2.14. The van der Waals surface area contributed by atoms with Crippen LogP contribution in [0.2, 0.25) is 0 Å². The number of aromatic nitrogens is 2. The molecule has 0 unspecified atom stereocenters. The van der Waals surface area contributed by atoms with E-state index in [1.165, 1.54) is 10.9 Å². The molecule has 1 aromatic carbocycles. The second kappa shape index (κ2) is 6.84. The summed E-state index contributed by atoms with van der Waals surface area (Å²) in [6.45, 7) is 0.950. The summed E-state index contributed by atoms with van der Waals surface area (Å²) >= 11 is 0. The predicted octanol–water partition coefficient (Wildman–Crippen LogP) is 4.06. The van der Waals surface area contributed by atoms with E-state index >= 15 is 0 Å². The molecule has 2 aromatic heterocycles. The average Bonchev–Trinajstić information content (AvgIpc) is 2.55. The second-order valence-electron chi connectivity index (χ2n) is 5.13. The van der Waals surface area contributed by atoms with Crippen LogP contribution >= 0.6 is 0 Å². The Bertz CT molecular complexity index is 695. The van der Waals surface area contributed by atoms with Gasteiger partial charge in [0.15, 0.2) is 0 Å². The topological polar surface area (TPSA) is 37.8 Å². The van der Waals surface area contributed by atoms with Crippen LogP contribution in [0.4, 0.5) is 5.82 Å². The molecule has 0 amide bonds. The minimum Gasteiger partial charge on any atom is -0.370 e. The van der Waals surface area contributed by atoms with Crippen molar-refractivity contribution < 1.29 is 0 Å². The van der Waals surface area contributed by atoms with Crippen molar-refractivity contribution in [3.05, 3.63) is 66.5 Å². The highest BCUT2D eigenvalue weighted by molar-refractivity contribution is 5.79. The minimum absolute atomic E-state index is 0.950. The number of hydrogen-bond donors (Lipinski definition) is 1. The smallest absolute Gasteiger partial charge is 0.126 e. The zero-order chi connectivity index (χ0) is 14.3. The molecule has 0 radical (unpaired) electrons. The molecule has 0 aliphatic heterocycles. The van der Waals surface area contributed by atoms with Gasteiger partial charge in [0.25, 0.3) is 0 Å². The molecule has 0 saturated carbocycles. The van der Waals surface area contributed by atoms with E-state index < -0.39 is 0 Å². The third-order valence-corrected chi connectivity index (χ3v) is 3.52. The third kappa shape index (κ3) is 3.78. The van der Waals surface area contributed by atoms with Crippen LogP contribution in [-0.4, -0.2) is 16.5 Å². The van der Waals surface area contributed by atoms with E-state index in [-0.39, 0.29) is 0 Å². The van der Waals surface area contributed by atoms with Crippen LogP contribution in [0.1, 0.15) is 18.4 Å². The van der Waals surface area contributed by atoms with E-state index in [9.17, 15) is 0 Å². The maximum absolute atomic E-state index is 4.61. The largest absolute Gasteiger partial charge is 0.370 e. The van der Waals surface area contributed by atoms with E-state index in [1.54, 1.807) is 0 Å². The van der Waals surface area contributed by atoms with Gasteiger partial charge in [-0.15, -0.1) is 0 Å². The van der Waals surface area contributed by atoms with E-state index in [4.69, 9.17) is 0 Å². The van der Waals surface area contributed by atoms with Crippen molar-refractivity contribution in [1.29, 1.82) is 0 Å². The fourth-order valence-electron chi connectivity index (χ4n) is 2.38. The minimum atomic E-state index is 0.950. The van der Waals surface area contributed by atoms with Gasteiger partial charge in [-0.2, -0.15) is 0 Å². The van der Waals surface area contributed by atoms with Crippen molar-refractivity contribution >= 4 is 16.7 Å². The van der Waals surface area contributed by atoms with Crippen molar-refractivity contribution in [1.82, 2.24) is 9.97 Å². The first-order chi connectivity index (χ1) is 10.4. The van der Waals surface area contributed by atoms with Crippen LogP contribution in [0.25, 0.3) is 10.9 Å². The zero-order valence-corrected chi connectivity index (χ0v) is 12.0. The number of fused-ring (bicyclic) bond motifs is 1. The Morgan fingerprint density at radius 1 is 0.905 bits per heavy atom. The predicted molar refractivity (Wildman–Crippen MR) is 87.4 cm³/mol. The molecule has 0 aliphatic carbocycles. The van der Waals surface area contributed by atoms with Crippen LogP contribution in [-0.2, 0) is 6.42 Å². The molecule has 21 heavy (non-hydrogen) atoms. The monoisotopic (exact) mass is 277 g/mol. The molecule has 0 saturated heterocycles. The molecular formula is C18H19N3. The van der Waals surface area contributed by atoms with Gasteiger partial charge in [-0.05, 0) is 49.1 Å². The van der Waals surface area contributed by atoms with Gasteiger partial charge in [-0.1, -0.05) is 24.3 Å². The van der Waals surface area contributed by atoms with Crippen molar-refractivity contribution in [2.24, 2.45) is 0 Å². The summed E-state index contributed by atoms with van der Waals surface area (Å²) in [5, 5.41) is 4.58. The molecule has 0 fully saturated rings. The van der Waals surface area contributed by atoms with Crippen LogP contribution in [0.15, 0.2) is 60.9 Å². The number of rotatable bonds is 6. The summed E-state index contributed by atoms with van der Waals surface area (Å²) in [5.41, 5.74) is 2.35. The molecule has 0 aliphatic rings. The molecule has 2 heterocycles. The lowest BCUT2D eigenvalue weighted by atomic mass is 10.1. The fourth-order valence-corrected chi connectivity index (χ4v) is 2.38. The summed E-state index contributed by atoms with van der Waals surface area (Å²) in [4.78, 5) is 8.74. The fraction of sp³-hybridized carbons (Fsp3) is 0.222. The van der Waals surface area contributed by atoms with E-state index in [0.29, 0.717) is 0 Å². The van der Waals surface area contributed by atoms with Gasteiger partial charge < -0.3 is 5.32 Å². The lowest BCUT2D eigenvalue weighted by Crippen LogP contribution is -2.03. The molecule has 0 bridgehead atoms. The highest BCUT2D eigenvalue weighted by atomic mass is 15.0. The van der Waals surface area contributed by atoms with Gasteiger partial charge in [-0.25, -0.2) is 4.98 Å². The van der Waals surface area contributed by atoms with Gasteiger partial charge >= 0.3 is 0 Å². The SMILES string of the molecule is c1cncc(CCCCNc2ccc3ccccc3n2)c1. The lowest BCUT2D eigenvalue weighted by Gasteiger charge is -2.06. The normalized spacial score (nSPS) is 10.7. The van der Waals surface area contributed by atoms with E-state index in [0.717, 1.165) is 37.1 Å². The summed E-state index contributed by atoms with van der Waals surface area (Å²) in [6.07, 6.45) is 7.13. The summed E-state index contributed by atoms with van der Waals surface area (Å²) in [7, 11) is 0. The Balaban J connectivity index is 1.46. The van der Waals surface area contributed by atoms with Gasteiger partial charge in [0.2, 0.25) is 0 Å². The first-order valence-corrected chi connectivity index (χ1v) is 7.40. The van der Waals surface area contributed by atoms with E-state index in [1.807, 2.05) is 42.7 Å². The molecule has 106 valence electrons. The molecule has 1 N–H and O–H groups in total. The Morgan fingerprint density at radius 2 is 1.86 bits per heavy atom. The van der Waals surface area contributed by atoms with Crippen LogP contribution < -0.4 is 5.32 Å². The van der Waals surface area contributed by atoms with Crippen molar-refractivity contribution in [2.75, 3.05) is 11.9 Å². The van der Waals surface area contributed by atoms with Crippen molar-refractivity contribution in [2.45, 2.75) is 19.3 Å². The third-order valence-electron chi connectivity index (χ3n) is 3.52. The summed E-state index contributed by atoms with van der Waals surface area (Å²) in [6, 6.07) is 16.5. The van der Waals surface area contributed by atoms with Crippen LogP contribution in [0, 0.1) is 0 Å². The van der Waals surface area contributed by atoms with Gasteiger partial charge in [0.1, 0.15) is 5.82 Å². The molecule has 0 spiro atoms. The molecule has 3 heteroatoms. The zero-order valence-electron chi connectivity index (χ0n) is 12.0. The quantitative estimate of drug-likeness (QED) is 0.690. The summed E-state index contributed by atoms with van der Waals surface area (Å²) < 4.78 is 0. The number of nitrogens with zero attached hydrogens (tertiary/aromatic N) is 2. The summed E-state index contributed by atoms with van der Waals surface area (Å²) in [5.74, 6) is 0.954. The first kappa shape index (κ1) is 13.6. The molecule has 3 nitrogen and oxygen atoms in total. The van der Waals surface area contributed by atoms with Crippen LogP contribution in [0.3, 0.4) is 0 Å². The van der Waals surface area contributed by atoms with Gasteiger partial charge in [-0.3, -0.25) is 4.98 Å². The first-order valence-electron chi connectivity index (χ1n) is 7.40. The Kier molecular flexibility index (Phi) is 4.42. The van der Waals surface area contributed by atoms with E-state index in [2.05, 4.69) is 33.5 Å². The number of hydrogen-bond acceptors (Lipinski definition) is 3. The molecule has 3 aromatic rings. The molecule has 3 rings (SSSR count). The van der Waals surface area contributed by atoms with Crippen molar-refractivity contribution in [3.8, 4) is 0 Å². The van der Waals surface area contributed by atoms with Gasteiger partial charge in [0, 0.05) is 24.3 Å². The Hall–Kier alpha value is -2.42. The maximum Gasteiger partial charge on any atom is 0.126 e.